The monoisotopic (exact) mass is 1710 g/mol. The zero-order valence-electron chi connectivity index (χ0n) is 84.3. The number of aliphatic hydroxyl groups is 1. The molecule has 25 nitrogen and oxygen atoms in total. The van der Waals surface area contributed by atoms with Gasteiger partial charge in [-0.3, -0.25) is 24.0 Å². The molecule has 0 aliphatic carbocycles. The van der Waals surface area contributed by atoms with Gasteiger partial charge in [-0.2, -0.15) is 7.05 Å². The number of carbonyl (C=O) groups is 11. The van der Waals surface area contributed by atoms with E-state index in [2.05, 4.69) is 217 Å². The number of aliphatic carboxylic acids is 2. The fourth-order valence-electron chi connectivity index (χ4n) is 6.45. The Labute approximate surface area is 740 Å². The van der Waals surface area contributed by atoms with Crippen LogP contribution in [0.4, 0.5) is 4.79 Å². The van der Waals surface area contributed by atoms with Crippen molar-refractivity contribution in [1.82, 2.24) is 16.0 Å². The summed E-state index contributed by atoms with van der Waals surface area (Å²) in [7, 11) is 8.39. The number of esters is 5. The zero-order valence-corrected chi connectivity index (χ0v) is 84.3. The van der Waals surface area contributed by atoms with E-state index in [1.54, 1.807) is 26.8 Å². The summed E-state index contributed by atoms with van der Waals surface area (Å²) in [5.74, 6) is -3.36. The molecule has 10 N–H and O–H groups in total. The molecule has 0 rings (SSSR count). The van der Waals surface area contributed by atoms with Crippen molar-refractivity contribution < 1.29 is 122 Å². The van der Waals surface area contributed by atoms with Crippen LogP contribution in [0.2, 0.25) is 0 Å². The first-order valence-electron chi connectivity index (χ1n) is 39.7. The fraction of sp³-hybridized carbons (Fsp3) is 0.843. The number of ether oxygens (including phenoxy) is 6. The molecule has 3 atom stereocenters. The average Bonchev–Trinajstić information content (AvgIpc) is 0.836. The van der Waals surface area contributed by atoms with E-state index in [1.807, 2.05) is 111 Å². The summed E-state index contributed by atoms with van der Waals surface area (Å²) < 4.78 is 28.4. The topological polar surface area (TPSA) is 383 Å². The van der Waals surface area contributed by atoms with Crippen LogP contribution >= 0.6 is 8.58 Å². The van der Waals surface area contributed by atoms with Crippen molar-refractivity contribution in [1.29, 1.82) is 0 Å². The average molecular weight is 1710 g/mol. The summed E-state index contributed by atoms with van der Waals surface area (Å²) in [6.07, 6.45) is 4.97. The molecule has 0 fully saturated rings. The summed E-state index contributed by atoms with van der Waals surface area (Å²) in [6, 6.07) is -2.29. The van der Waals surface area contributed by atoms with Gasteiger partial charge >= 0.3 is 66.7 Å². The SMILES string of the molecule is CC(C)(C)C(C)(C)C=O.CC(C)(C)C(C)(C)CC(N)C(=O)O.CC(C)(C)C(C)(C)CO.CC(C)(C)OC(=O)NC(CC(C)(C)C(C)(C)C)C(=O)O.CCOC(=O)C(C)(C)C(C)(C)C.CCOC(=O)CC(C)(C)C.COC(=O)C(=CC(C)(C)C(C)(C)C)NC=O.COC(=O)C(CC(C)(C)C(C)(C)C)NC=O.CPC.[AlH3].[CH2-][NH2+]CC(=O)OC.[H-].[Li+]. The van der Waals surface area contributed by atoms with Crippen LogP contribution in [-0.2, 0) is 76.4 Å². The molecule has 0 aliphatic rings. The van der Waals surface area contributed by atoms with E-state index in [0.717, 1.165) is 14.9 Å². The van der Waals surface area contributed by atoms with Crippen molar-refractivity contribution >= 4 is 92.9 Å². The number of hydrogen-bond acceptors (Lipinski definition) is 19. The summed E-state index contributed by atoms with van der Waals surface area (Å²) in [5, 5.41) is 35.7. The minimum absolute atomic E-state index is 0. The van der Waals surface area contributed by atoms with Crippen LogP contribution in [-0.4, -0.2) is 184 Å². The van der Waals surface area contributed by atoms with Gasteiger partial charge in [0, 0.05) is 12.0 Å². The van der Waals surface area contributed by atoms with Crippen molar-refractivity contribution in [3.05, 3.63) is 18.8 Å². The van der Waals surface area contributed by atoms with Crippen molar-refractivity contribution in [3.8, 4) is 0 Å². The van der Waals surface area contributed by atoms with Crippen LogP contribution in [0.5, 0.6) is 0 Å². The number of alkyl carbamates (subject to hydrolysis) is 1. The van der Waals surface area contributed by atoms with Crippen LogP contribution in [0.3, 0.4) is 0 Å². The number of rotatable bonds is 24. The normalized spacial score (nSPS) is 13.0. The zero-order chi connectivity index (χ0) is 95.2. The molecule has 0 bridgehead atoms. The Kier molecular flexibility index (Phi) is 70.9. The van der Waals surface area contributed by atoms with Gasteiger partial charge in [0.15, 0.2) is 23.9 Å². The molecule has 0 aromatic heterocycles. The van der Waals surface area contributed by atoms with Gasteiger partial charge in [0.25, 0.3) is 0 Å². The van der Waals surface area contributed by atoms with Gasteiger partial charge in [-0.15, -0.1) is 8.58 Å². The quantitative estimate of drug-likeness (QED) is 0.00846. The van der Waals surface area contributed by atoms with Gasteiger partial charge in [-0.05, 0) is 158 Å². The van der Waals surface area contributed by atoms with Gasteiger partial charge in [-0.25, -0.2) is 24.0 Å². The third kappa shape index (κ3) is 66.6. The largest absolute Gasteiger partial charge is 1.00 e. The second-order valence-corrected chi connectivity index (χ2v) is 43.2. The fourth-order valence-corrected chi connectivity index (χ4v) is 6.45. The Bertz CT molecular complexity index is 2840. The maximum absolute atomic E-state index is 11.7. The van der Waals surface area contributed by atoms with Crippen molar-refractivity contribution in [2.75, 3.05) is 61.0 Å². The van der Waals surface area contributed by atoms with Gasteiger partial charge in [0.1, 0.15) is 35.7 Å². The number of carbonyl (C=O) groups excluding carboxylic acids is 9. The molecule has 0 saturated carbocycles. The number of amides is 3. The summed E-state index contributed by atoms with van der Waals surface area (Å²) in [6.45, 7) is 92.7. The van der Waals surface area contributed by atoms with Crippen LogP contribution in [0.1, 0.15) is 325 Å². The number of quaternary nitrogens is 1. The molecule has 0 aromatic rings. The van der Waals surface area contributed by atoms with E-state index in [0.29, 0.717) is 58.3 Å². The molecular formula is C89H184AlLiN5O20P. The standard InChI is InChI=1S/C15H29NO4.C12H23NO3.C12H21NO3.C10H21NO2.C10H20O2.C8H16O2.C8H18O.C8H16O.C4H9NO2.C2H7P.Al.Li.4H/c1-13(2,3)15(7,8)9-10(11(17)18)16-12(19)20-14(4,5)6;2*1-11(2,3)12(4,5)7-9(13-8-14)10(15)16-6;1-9(2,3)10(4,5)6-7(11)8(12)13;1-7-12-8(11)10(5,6)9(2,3)4;1-5-10-7(9)6-8(2,3)4;2*1-7(2,3)8(4,5)6-9;1-5-3-4(6)7-2;1-3-2;;;;;;/h10H,9H2,1-8H3,(H,16,19)(H,17,18);8-9H,7H2,1-6H3,(H,13,14);7-8H,1-6H3,(H,13,14);7H,6,11H2,1-5H3,(H,12,13);7H2,1-6H3;5-6H2,1-4H3;9H,6H2,1-5H3;6H,1-5H3;1,3,5H2,2H3;3H,1-2H3;;;;;;/q;;;;;;;;;;;+1;;;;-1. The maximum Gasteiger partial charge on any atom is 1.00 e. The first kappa shape index (κ1) is 138. The molecule has 0 heterocycles. The summed E-state index contributed by atoms with van der Waals surface area (Å²) >= 11 is 0. The molecule has 0 saturated heterocycles. The third-order valence-electron chi connectivity index (χ3n) is 22.2. The van der Waals surface area contributed by atoms with Crippen LogP contribution in [0.25, 0.3) is 0 Å². The van der Waals surface area contributed by atoms with Gasteiger partial charge < -0.3 is 77.0 Å². The molecule has 3 unspecified atom stereocenters. The van der Waals surface area contributed by atoms with E-state index in [-0.39, 0.29) is 144 Å². The first-order chi connectivity index (χ1) is 50.6. The molecule has 28 heteroatoms. The van der Waals surface area contributed by atoms with Gasteiger partial charge in [0.05, 0.1) is 46.4 Å². The van der Waals surface area contributed by atoms with Crippen molar-refractivity contribution in [2.24, 2.45) is 87.0 Å². The number of methoxy groups -OCH3 is 3. The Morgan fingerprint density at radius 2 is 0.855 bits per heavy atom. The van der Waals surface area contributed by atoms with E-state index in [1.165, 1.54) is 26.6 Å². The minimum Gasteiger partial charge on any atom is -1.00 e. The first-order valence-corrected chi connectivity index (χ1v) is 41.7. The Morgan fingerprint density at radius 3 is 1.07 bits per heavy atom. The molecule has 117 heavy (non-hydrogen) atoms. The molecule has 694 valence electrons. The number of aldehydes is 1. The Hall–Kier alpha value is -4.65. The van der Waals surface area contributed by atoms with E-state index < -0.39 is 59.1 Å². The third-order valence-corrected chi connectivity index (χ3v) is 22.2. The predicted molar refractivity (Wildman–Crippen MR) is 483 cm³/mol. The second kappa shape index (κ2) is 60.0. The van der Waals surface area contributed by atoms with Crippen LogP contribution in [0, 0.1) is 88.3 Å². The molecule has 0 radical (unpaired) electrons. The van der Waals surface area contributed by atoms with E-state index in [4.69, 9.17) is 30.2 Å². The predicted octanol–water partition coefficient (Wildman–Crippen LogP) is 13.2. The van der Waals surface area contributed by atoms with Crippen LogP contribution in [0.15, 0.2) is 11.8 Å². The number of carboxylic acid groups (broad SMARTS) is 2. The molecule has 0 spiro atoms. The molecule has 0 aliphatic heterocycles. The van der Waals surface area contributed by atoms with Crippen LogP contribution < -0.4 is 45.9 Å². The van der Waals surface area contributed by atoms with Crippen molar-refractivity contribution in [3.63, 3.8) is 0 Å². The van der Waals surface area contributed by atoms with Gasteiger partial charge in [0.2, 0.25) is 12.8 Å². The second-order valence-electron chi connectivity index (χ2n) is 42.2. The summed E-state index contributed by atoms with van der Waals surface area (Å²) in [4.78, 5) is 120. The van der Waals surface area contributed by atoms with Gasteiger partial charge in [-0.1, -0.05) is 249 Å². The summed E-state index contributed by atoms with van der Waals surface area (Å²) in [5.41, 5.74) is 4.09. The smallest absolute Gasteiger partial charge is 1.00 e. The Morgan fingerprint density at radius 1 is 0.496 bits per heavy atom. The van der Waals surface area contributed by atoms with E-state index in [9.17, 15) is 57.8 Å². The van der Waals surface area contributed by atoms with Crippen molar-refractivity contribution in [2.45, 2.75) is 347 Å². The number of nitrogens with one attached hydrogen (secondary N) is 3. The van der Waals surface area contributed by atoms with E-state index >= 15 is 0 Å². The minimum atomic E-state index is -1.05. The molecule has 3 amide bonds. The number of hydrogen-bond donors (Lipinski definition) is 8. The number of nitrogens with two attached hydrogens (primary N) is 2. The molecule has 0 aromatic carbocycles. The number of allylic oxidation sites excluding steroid dienone is 1. The number of carboxylic acids is 2. The Balaban J connectivity index is -0.0000000962. The molecular weight excluding hydrogens is 1520 g/mol. The number of aliphatic hydroxyl groups excluding tert-OH is 1. The maximum atomic E-state index is 11.7.